The Morgan fingerprint density at radius 1 is 1.47 bits per heavy atom. The van der Waals surface area contributed by atoms with E-state index in [4.69, 9.17) is 4.74 Å². The van der Waals surface area contributed by atoms with E-state index in [2.05, 4.69) is 24.1 Å². The standard InChI is InChI=1S/C14H30N2O/c1-4-8-15-13(2)14-7-5-9-16(12-14)10-6-11-17-3/h13-15H,4-12H2,1-3H3. The molecule has 1 rings (SSSR count). The van der Waals surface area contributed by atoms with Crippen LogP contribution < -0.4 is 5.32 Å². The van der Waals surface area contributed by atoms with Gasteiger partial charge >= 0.3 is 0 Å². The Bertz CT molecular complexity index is 187. The summed E-state index contributed by atoms with van der Waals surface area (Å²) in [4.78, 5) is 2.61. The maximum atomic E-state index is 5.12. The number of hydrogen-bond donors (Lipinski definition) is 1. The molecule has 0 saturated carbocycles. The van der Waals surface area contributed by atoms with E-state index in [-0.39, 0.29) is 0 Å². The molecule has 1 saturated heterocycles. The highest BCUT2D eigenvalue weighted by molar-refractivity contribution is 4.80. The van der Waals surface area contributed by atoms with Gasteiger partial charge < -0.3 is 15.0 Å². The van der Waals surface area contributed by atoms with Crippen molar-refractivity contribution in [2.24, 2.45) is 5.92 Å². The summed E-state index contributed by atoms with van der Waals surface area (Å²) in [5.74, 6) is 0.831. The van der Waals surface area contributed by atoms with Crippen LogP contribution in [-0.2, 0) is 4.74 Å². The third-order valence-corrected chi connectivity index (χ3v) is 3.79. The van der Waals surface area contributed by atoms with Crippen LogP contribution in [0.15, 0.2) is 0 Å². The highest BCUT2D eigenvalue weighted by Crippen LogP contribution is 2.19. The molecule has 1 fully saturated rings. The Kier molecular flexibility index (Phi) is 7.82. The molecule has 17 heavy (non-hydrogen) atoms. The Hall–Kier alpha value is -0.120. The number of rotatable bonds is 8. The van der Waals surface area contributed by atoms with E-state index in [1.54, 1.807) is 7.11 Å². The maximum Gasteiger partial charge on any atom is 0.0474 e. The van der Waals surface area contributed by atoms with Crippen molar-refractivity contribution in [2.45, 2.75) is 45.6 Å². The molecule has 1 N–H and O–H groups in total. The molecule has 3 heteroatoms. The second-order valence-electron chi connectivity index (χ2n) is 5.29. The summed E-state index contributed by atoms with van der Waals surface area (Å²) in [5, 5.41) is 3.64. The minimum Gasteiger partial charge on any atom is -0.385 e. The highest BCUT2D eigenvalue weighted by atomic mass is 16.5. The highest BCUT2D eigenvalue weighted by Gasteiger charge is 2.23. The van der Waals surface area contributed by atoms with Crippen molar-refractivity contribution in [1.82, 2.24) is 10.2 Å². The number of nitrogens with one attached hydrogen (secondary N) is 1. The SMILES string of the molecule is CCCNC(C)C1CCCN(CCCOC)C1. The van der Waals surface area contributed by atoms with Crippen molar-refractivity contribution >= 4 is 0 Å². The molecule has 0 aromatic rings. The molecular formula is C14H30N2O. The average molecular weight is 242 g/mol. The van der Waals surface area contributed by atoms with E-state index in [9.17, 15) is 0 Å². The summed E-state index contributed by atoms with van der Waals surface area (Å²) in [6, 6.07) is 0.667. The lowest BCUT2D eigenvalue weighted by molar-refractivity contribution is 0.128. The van der Waals surface area contributed by atoms with E-state index in [0.29, 0.717) is 6.04 Å². The molecular weight excluding hydrogens is 212 g/mol. The van der Waals surface area contributed by atoms with Gasteiger partial charge in [0.1, 0.15) is 0 Å². The lowest BCUT2D eigenvalue weighted by atomic mass is 9.91. The van der Waals surface area contributed by atoms with E-state index in [1.807, 2.05) is 0 Å². The molecule has 2 atom stereocenters. The second kappa shape index (κ2) is 8.90. The Balaban J connectivity index is 2.22. The quantitative estimate of drug-likeness (QED) is 0.660. The largest absolute Gasteiger partial charge is 0.385 e. The minimum absolute atomic E-state index is 0.667. The van der Waals surface area contributed by atoms with E-state index >= 15 is 0 Å². The van der Waals surface area contributed by atoms with Crippen molar-refractivity contribution < 1.29 is 4.74 Å². The monoisotopic (exact) mass is 242 g/mol. The molecule has 0 spiro atoms. The number of hydrogen-bond acceptors (Lipinski definition) is 3. The minimum atomic E-state index is 0.667. The lowest BCUT2D eigenvalue weighted by Crippen LogP contribution is -2.45. The molecule has 1 aliphatic heterocycles. The van der Waals surface area contributed by atoms with Crippen LogP contribution in [0.5, 0.6) is 0 Å². The third kappa shape index (κ3) is 5.84. The van der Waals surface area contributed by atoms with E-state index in [0.717, 1.165) is 19.1 Å². The average Bonchev–Trinajstić information content (AvgIpc) is 2.36. The van der Waals surface area contributed by atoms with Crippen LogP contribution in [-0.4, -0.2) is 50.8 Å². The summed E-state index contributed by atoms with van der Waals surface area (Å²) in [6.45, 7) is 10.4. The molecule has 0 aromatic heterocycles. The van der Waals surface area contributed by atoms with Crippen LogP contribution in [0.3, 0.4) is 0 Å². The molecule has 102 valence electrons. The lowest BCUT2D eigenvalue weighted by Gasteiger charge is -2.36. The Labute approximate surface area is 107 Å². The van der Waals surface area contributed by atoms with Gasteiger partial charge in [0.25, 0.3) is 0 Å². The third-order valence-electron chi connectivity index (χ3n) is 3.79. The molecule has 0 radical (unpaired) electrons. The first-order valence-electron chi connectivity index (χ1n) is 7.22. The fourth-order valence-corrected chi connectivity index (χ4v) is 2.67. The van der Waals surface area contributed by atoms with Gasteiger partial charge in [-0.15, -0.1) is 0 Å². The number of likely N-dealkylation sites (tertiary alicyclic amines) is 1. The number of ether oxygens (including phenoxy) is 1. The molecule has 0 aromatic carbocycles. The first-order valence-corrected chi connectivity index (χ1v) is 7.22. The zero-order chi connectivity index (χ0) is 12.5. The van der Waals surface area contributed by atoms with Crippen LogP contribution in [0.1, 0.15) is 39.5 Å². The molecule has 1 heterocycles. The smallest absolute Gasteiger partial charge is 0.0474 e. The van der Waals surface area contributed by atoms with Crippen molar-refractivity contribution in [1.29, 1.82) is 0 Å². The molecule has 0 amide bonds. The zero-order valence-corrected chi connectivity index (χ0v) is 11.9. The van der Waals surface area contributed by atoms with Gasteiger partial charge in [-0.05, 0) is 51.6 Å². The van der Waals surface area contributed by atoms with Gasteiger partial charge in [-0.3, -0.25) is 0 Å². The van der Waals surface area contributed by atoms with Crippen LogP contribution >= 0.6 is 0 Å². The normalized spacial score (nSPS) is 23.8. The molecule has 2 unspecified atom stereocenters. The summed E-state index contributed by atoms with van der Waals surface area (Å²) in [7, 11) is 1.79. The first kappa shape index (κ1) is 14.9. The van der Waals surface area contributed by atoms with Crippen molar-refractivity contribution in [2.75, 3.05) is 39.9 Å². The van der Waals surface area contributed by atoms with Gasteiger partial charge in [0.05, 0.1) is 0 Å². The molecule has 0 aliphatic carbocycles. The summed E-state index contributed by atoms with van der Waals surface area (Å²) in [6.07, 6.45) is 5.14. The fourth-order valence-electron chi connectivity index (χ4n) is 2.67. The van der Waals surface area contributed by atoms with Gasteiger partial charge in [-0.25, -0.2) is 0 Å². The predicted molar refractivity (Wildman–Crippen MR) is 73.4 cm³/mol. The van der Waals surface area contributed by atoms with Crippen molar-refractivity contribution in [3.05, 3.63) is 0 Å². The Morgan fingerprint density at radius 3 is 3.00 bits per heavy atom. The van der Waals surface area contributed by atoms with Gasteiger partial charge in [-0.1, -0.05) is 6.92 Å². The second-order valence-corrected chi connectivity index (χ2v) is 5.29. The maximum absolute atomic E-state index is 5.12. The van der Waals surface area contributed by atoms with Crippen LogP contribution in [0.4, 0.5) is 0 Å². The van der Waals surface area contributed by atoms with Gasteiger partial charge in [0.15, 0.2) is 0 Å². The first-order chi connectivity index (χ1) is 8.27. The Morgan fingerprint density at radius 2 is 2.29 bits per heavy atom. The topological polar surface area (TPSA) is 24.5 Å². The van der Waals surface area contributed by atoms with Crippen molar-refractivity contribution in [3.63, 3.8) is 0 Å². The number of methoxy groups -OCH3 is 1. The van der Waals surface area contributed by atoms with Crippen LogP contribution in [0.25, 0.3) is 0 Å². The fraction of sp³-hybridized carbons (Fsp3) is 1.00. The van der Waals surface area contributed by atoms with Crippen LogP contribution in [0.2, 0.25) is 0 Å². The number of piperidine rings is 1. The summed E-state index contributed by atoms with van der Waals surface area (Å²) >= 11 is 0. The molecule has 0 bridgehead atoms. The summed E-state index contributed by atoms with van der Waals surface area (Å²) < 4.78 is 5.12. The van der Waals surface area contributed by atoms with Gasteiger partial charge in [-0.2, -0.15) is 0 Å². The molecule has 1 aliphatic rings. The van der Waals surface area contributed by atoms with E-state index < -0.39 is 0 Å². The van der Waals surface area contributed by atoms with E-state index in [1.165, 1.54) is 45.3 Å². The van der Waals surface area contributed by atoms with Crippen molar-refractivity contribution in [3.8, 4) is 0 Å². The zero-order valence-electron chi connectivity index (χ0n) is 11.9. The summed E-state index contributed by atoms with van der Waals surface area (Å²) in [5.41, 5.74) is 0. The number of nitrogens with zero attached hydrogens (tertiary/aromatic N) is 1. The van der Waals surface area contributed by atoms with Crippen LogP contribution in [0, 0.1) is 5.92 Å². The predicted octanol–water partition coefficient (Wildman–Crippen LogP) is 2.12. The van der Waals surface area contributed by atoms with Gasteiger partial charge in [0, 0.05) is 32.8 Å². The van der Waals surface area contributed by atoms with Gasteiger partial charge in [0.2, 0.25) is 0 Å². The molecule has 3 nitrogen and oxygen atoms in total.